The molecule has 1 atom stereocenters. The maximum Gasteiger partial charge on any atom is 0.311 e. The topological polar surface area (TPSA) is 66.8 Å². The van der Waals surface area contributed by atoms with Crippen LogP contribution in [0.2, 0.25) is 5.02 Å². The van der Waals surface area contributed by atoms with Gasteiger partial charge in [0.25, 0.3) is 0 Å². The summed E-state index contributed by atoms with van der Waals surface area (Å²) in [7, 11) is 0. The van der Waals surface area contributed by atoms with Gasteiger partial charge in [-0.2, -0.15) is 0 Å². The van der Waals surface area contributed by atoms with Crippen LogP contribution in [-0.2, 0) is 11.2 Å². The number of hydrogen-bond acceptors (Lipinski definition) is 3. The molecular weight excluding hydrogens is 316 g/mol. The Kier molecular flexibility index (Phi) is 5.88. The van der Waals surface area contributed by atoms with E-state index in [1.807, 2.05) is 13.0 Å². The fourth-order valence-electron chi connectivity index (χ4n) is 2.29. The fourth-order valence-corrected chi connectivity index (χ4v) is 2.55. The number of phenolic OH excluding ortho intramolecular Hbond substituents is 1. The number of halogens is 1. The predicted octanol–water partition coefficient (Wildman–Crippen LogP) is 4.25. The molecule has 2 aromatic carbocycles. The van der Waals surface area contributed by atoms with Gasteiger partial charge in [0.15, 0.2) is 0 Å². The molecule has 5 heteroatoms. The Morgan fingerprint density at radius 1 is 1.22 bits per heavy atom. The third-order valence-corrected chi connectivity index (χ3v) is 3.79. The van der Waals surface area contributed by atoms with Gasteiger partial charge in [-0.3, -0.25) is 4.79 Å². The van der Waals surface area contributed by atoms with Gasteiger partial charge in [0, 0.05) is 0 Å². The number of aliphatic carboxylic acids is 1. The van der Waals surface area contributed by atoms with Crippen molar-refractivity contribution < 1.29 is 19.7 Å². The summed E-state index contributed by atoms with van der Waals surface area (Å²) in [5.74, 6) is -0.903. The van der Waals surface area contributed by atoms with Crippen molar-refractivity contribution in [2.75, 3.05) is 6.61 Å². The number of benzene rings is 2. The van der Waals surface area contributed by atoms with Gasteiger partial charge < -0.3 is 14.9 Å². The first-order chi connectivity index (χ1) is 11.0. The Hall–Kier alpha value is -2.20. The first-order valence-electron chi connectivity index (χ1n) is 7.44. The zero-order valence-electron chi connectivity index (χ0n) is 12.8. The molecule has 122 valence electrons. The summed E-state index contributed by atoms with van der Waals surface area (Å²) >= 11 is 6.19. The van der Waals surface area contributed by atoms with Crippen LogP contribution in [0.1, 0.15) is 30.4 Å². The molecule has 0 amide bonds. The molecule has 1 unspecified atom stereocenters. The maximum atomic E-state index is 11.6. The minimum absolute atomic E-state index is 0.110. The van der Waals surface area contributed by atoms with Gasteiger partial charge in [0.1, 0.15) is 11.5 Å². The minimum atomic E-state index is -0.918. The second-order valence-electron chi connectivity index (χ2n) is 5.30. The van der Waals surface area contributed by atoms with Crippen LogP contribution in [-0.4, -0.2) is 22.8 Å². The van der Waals surface area contributed by atoms with Crippen LogP contribution in [0.15, 0.2) is 42.5 Å². The van der Waals surface area contributed by atoms with Crippen molar-refractivity contribution in [3.05, 3.63) is 58.6 Å². The van der Waals surface area contributed by atoms with E-state index in [1.54, 1.807) is 24.3 Å². The van der Waals surface area contributed by atoms with E-state index >= 15 is 0 Å². The standard InChI is InChI=1S/C18H19ClO4/c1-2-9-23-17-8-3-12(11-16(17)19)10-15(18(21)22)13-4-6-14(20)7-5-13/h3-8,11,15,20H,2,9-10H2,1H3,(H,21,22). The first kappa shape index (κ1) is 17.2. The van der Waals surface area contributed by atoms with Gasteiger partial charge in [-0.1, -0.05) is 36.7 Å². The van der Waals surface area contributed by atoms with Crippen LogP contribution in [0.4, 0.5) is 0 Å². The number of carbonyl (C=O) groups is 1. The molecule has 2 aromatic rings. The lowest BCUT2D eigenvalue weighted by Gasteiger charge is -2.14. The maximum absolute atomic E-state index is 11.6. The van der Waals surface area contributed by atoms with Crippen molar-refractivity contribution in [3.63, 3.8) is 0 Å². The molecular formula is C18H19ClO4. The lowest BCUT2D eigenvalue weighted by Crippen LogP contribution is -2.14. The zero-order valence-corrected chi connectivity index (χ0v) is 13.6. The largest absolute Gasteiger partial charge is 0.508 e. The highest BCUT2D eigenvalue weighted by molar-refractivity contribution is 6.32. The molecule has 23 heavy (non-hydrogen) atoms. The lowest BCUT2D eigenvalue weighted by atomic mass is 9.92. The summed E-state index contributed by atoms with van der Waals surface area (Å²) in [6.45, 7) is 2.60. The number of hydrogen-bond donors (Lipinski definition) is 2. The van der Waals surface area contributed by atoms with E-state index < -0.39 is 11.9 Å². The minimum Gasteiger partial charge on any atom is -0.508 e. The molecule has 0 aliphatic carbocycles. The highest BCUT2D eigenvalue weighted by atomic mass is 35.5. The van der Waals surface area contributed by atoms with Gasteiger partial charge in [-0.15, -0.1) is 0 Å². The summed E-state index contributed by atoms with van der Waals surface area (Å²) in [5.41, 5.74) is 1.46. The average molecular weight is 335 g/mol. The fraction of sp³-hybridized carbons (Fsp3) is 0.278. The van der Waals surface area contributed by atoms with E-state index in [1.165, 1.54) is 12.1 Å². The lowest BCUT2D eigenvalue weighted by molar-refractivity contribution is -0.138. The average Bonchev–Trinajstić information content (AvgIpc) is 2.52. The van der Waals surface area contributed by atoms with Crippen LogP contribution < -0.4 is 4.74 Å². The first-order valence-corrected chi connectivity index (χ1v) is 7.82. The number of aromatic hydroxyl groups is 1. The predicted molar refractivity (Wildman–Crippen MR) is 89.4 cm³/mol. The Morgan fingerprint density at radius 2 is 1.91 bits per heavy atom. The van der Waals surface area contributed by atoms with Crippen molar-refractivity contribution in [1.29, 1.82) is 0 Å². The summed E-state index contributed by atoms with van der Waals surface area (Å²) in [6, 6.07) is 11.5. The SMILES string of the molecule is CCCOc1ccc(CC(C(=O)O)c2ccc(O)cc2)cc1Cl. The number of carboxylic acids is 1. The summed E-state index contributed by atoms with van der Waals surface area (Å²) < 4.78 is 5.52. The molecule has 0 aliphatic rings. The Labute approximate surface area is 140 Å². The molecule has 0 fully saturated rings. The van der Waals surface area contributed by atoms with Gasteiger partial charge in [-0.25, -0.2) is 0 Å². The van der Waals surface area contributed by atoms with Crippen molar-refractivity contribution >= 4 is 17.6 Å². The normalized spacial score (nSPS) is 11.9. The van der Waals surface area contributed by atoms with Crippen molar-refractivity contribution in [2.45, 2.75) is 25.7 Å². The Bertz CT molecular complexity index is 667. The van der Waals surface area contributed by atoms with Gasteiger partial charge >= 0.3 is 5.97 Å². The van der Waals surface area contributed by atoms with E-state index in [0.717, 1.165) is 12.0 Å². The second-order valence-corrected chi connectivity index (χ2v) is 5.71. The number of carboxylic acid groups (broad SMARTS) is 1. The van der Waals surface area contributed by atoms with E-state index in [4.69, 9.17) is 16.3 Å². The molecule has 2 rings (SSSR count). The van der Waals surface area contributed by atoms with Crippen LogP contribution in [0.3, 0.4) is 0 Å². The molecule has 0 heterocycles. The molecule has 0 spiro atoms. The van der Waals surface area contributed by atoms with E-state index in [-0.39, 0.29) is 5.75 Å². The van der Waals surface area contributed by atoms with Gasteiger partial charge in [-0.05, 0) is 48.2 Å². The highest BCUT2D eigenvalue weighted by Crippen LogP contribution is 2.29. The van der Waals surface area contributed by atoms with Crippen molar-refractivity contribution in [3.8, 4) is 11.5 Å². The second kappa shape index (κ2) is 7.88. The van der Waals surface area contributed by atoms with E-state index in [2.05, 4.69) is 0 Å². The summed E-state index contributed by atoms with van der Waals surface area (Å²) in [6.07, 6.45) is 1.20. The third-order valence-electron chi connectivity index (χ3n) is 3.49. The van der Waals surface area contributed by atoms with Gasteiger partial charge in [0.2, 0.25) is 0 Å². The molecule has 4 nitrogen and oxygen atoms in total. The Morgan fingerprint density at radius 3 is 2.48 bits per heavy atom. The smallest absolute Gasteiger partial charge is 0.311 e. The van der Waals surface area contributed by atoms with Gasteiger partial charge in [0.05, 0.1) is 17.5 Å². The molecule has 0 aliphatic heterocycles. The van der Waals surface area contributed by atoms with Crippen LogP contribution in [0.25, 0.3) is 0 Å². The monoisotopic (exact) mass is 334 g/mol. The molecule has 2 N–H and O–H groups in total. The van der Waals surface area contributed by atoms with Crippen molar-refractivity contribution in [2.24, 2.45) is 0 Å². The molecule has 0 aromatic heterocycles. The highest BCUT2D eigenvalue weighted by Gasteiger charge is 2.21. The van der Waals surface area contributed by atoms with E-state index in [0.29, 0.717) is 29.4 Å². The molecule has 0 saturated heterocycles. The number of rotatable bonds is 7. The molecule has 0 bridgehead atoms. The van der Waals surface area contributed by atoms with Crippen molar-refractivity contribution in [1.82, 2.24) is 0 Å². The summed E-state index contributed by atoms with van der Waals surface area (Å²) in [5, 5.41) is 19.3. The molecule has 0 saturated carbocycles. The van der Waals surface area contributed by atoms with Crippen LogP contribution in [0.5, 0.6) is 11.5 Å². The quantitative estimate of drug-likeness (QED) is 0.794. The third kappa shape index (κ3) is 4.63. The van der Waals surface area contributed by atoms with Crippen LogP contribution in [0, 0.1) is 0 Å². The zero-order chi connectivity index (χ0) is 16.8. The number of ether oxygens (including phenoxy) is 1. The van der Waals surface area contributed by atoms with E-state index in [9.17, 15) is 15.0 Å². The Balaban J connectivity index is 2.18. The molecule has 0 radical (unpaired) electrons. The van der Waals surface area contributed by atoms with Crippen LogP contribution >= 0.6 is 11.6 Å². The summed E-state index contributed by atoms with van der Waals surface area (Å²) in [4.78, 5) is 11.6. The number of phenols is 1.